The van der Waals surface area contributed by atoms with Crippen molar-refractivity contribution in [1.29, 1.82) is 0 Å². The predicted molar refractivity (Wildman–Crippen MR) is 94.9 cm³/mol. The van der Waals surface area contributed by atoms with Crippen LogP contribution in [0.25, 0.3) is 0 Å². The minimum atomic E-state index is -0.378. The Kier molecular flexibility index (Phi) is 4.81. The Bertz CT molecular complexity index is 771. The Morgan fingerprint density at radius 2 is 1.96 bits per heavy atom. The summed E-state index contributed by atoms with van der Waals surface area (Å²) >= 11 is 3.55. The lowest BCUT2D eigenvalue weighted by molar-refractivity contribution is -0.132. The maximum atomic E-state index is 11.4. The lowest BCUT2D eigenvalue weighted by Gasteiger charge is -2.30. The van der Waals surface area contributed by atoms with Crippen LogP contribution in [-0.4, -0.2) is 13.1 Å². The van der Waals surface area contributed by atoms with E-state index in [1.807, 2.05) is 25.1 Å². The number of benzene rings is 2. The SMILES string of the molecule is COc1c(C)c(OC(C)=O)c(Br)c2c1CCC(c1ccccc1)O2. The Labute approximate surface area is 149 Å². The first-order valence-corrected chi connectivity index (χ1v) is 8.61. The number of ether oxygens (including phenoxy) is 3. The van der Waals surface area contributed by atoms with Crippen LogP contribution in [0.2, 0.25) is 0 Å². The van der Waals surface area contributed by atoms with E-state index in [2.05, 4.69) is 28.1 Å². The molecule has 5 heteroatoms. The average molecular weight is 391 g/mol. The Morgan fingerprint density at radius 1 is 1.25 bits per heavy atom. The second-order valence-corrected chi connectivity index (χ2v) is 6.55. The van der Waals surface area contributed by atoms with E-state index in [0.29, 0.717) is 16.0 Å². The molecule has 0 bridgehead atoms. The van der Waals surface area contributed by atoms with Gasteiger partial charge in [0, 0.05) is 18.1 Å². The van der Waals surface area contributed by atoms with Gasteiger partial charge in [-0.05, 0) is 41.3 Å². The summed E-state index contributed by atoms with van der Waals surface area (Å²) in [5, 5.41) is 0. The number of hydrogen-bond donors (Lipinski definition) is 0. The van der Waals surface area contributed by atoms with E-state index >= 15 is 0 Å². The van der Waals surface area contributed by atoms with Gasteiger partial charge >= 0.3 is 5.97 Å². The second kappa shape index (κ2) is 6.85. The van der Waals surface area contributed by atoms with Gasteiger partial charge in [-0.3, -0.25) is 4.79 Å². The van der Waals surface area contributed by atoms with Crippen LogP contribution < -0.4 is 14.2 Å². The zero-order chi connectivity index (χ0) is 17.3. The van der Waals surface area contributed by atoms with Gasteiger partial charge in [0.1, 0.15) is 22.1 Å². The van der Waals surface area contributed by atoms with Crippen LogP contribution >= 0.6 is 15.9 Å². The lowest BCUT2D eigenvalue weighted by atomic mass is 9.95. The Balaban J connectivity index is 2.07. The van der Waals surface area contributed by atoms with E-state index in [1.54, 1.807) is 7.11 Å². The standard InChI is InChI=1S/C19H19BrO4/c1-11-17(22-3)14-9-10-15(13-7-5-4-6-8-13)24-19(14)16(20)18(11)23-12(2)21/h4-8,15H,9-10H2,1-3H3. The van der Waals surface area contributed by atoms with Crippen LogP contribution in [0.3, 0.4) is 0 Å². The molecule has 1 unspecified atom stereocenters. The second-order valence-electron chi connectivity index (χ2n) is 5.76. The summed E-state index contributed by atoms with van der Waals surface area (Å²) < 4.78 is 17.9. The topological polar surface area (TPSA) is 44.8 Å². The lowest BCUT2D eigenvalue weighted by Crippen LogP contribution is -2.17. The largest absolute Gasteiger partial charge is 0.496 e. The van der Waals surface area contributed by atoms with E-state index in [1.165, 1.54) is 6.92 Å². The number of hydrogen-bond acceptors (Lipinski definition) is 4. The van der Waals surface area contributed by atoms with Crippen molar-refractivity contribution in [3.63, 3.8) is 0 Å². The normalized spacial score (nSPS) is 16.1. The van der Waals surface area contributed by atoms with E-state index in [4.69, 9.17) is 14.2 Å². The van der Waals surface area contributed by atoms with Crippen molar-refractivity contribution in [3.05, 3.63) is 51.5 Å². The third kappa shape index (κ3) is 3.00. The molecule has 0 radical (unpaired) electrons. The smallest absolute Gasteiger partial charge is 0.308 e. The molecule has 1 heterocycles. The van der Waals surface area contributed by atoms with Crippen LogP contribution in [0.4, 0.5) is 0 Å². The molecule has 0 aliphatic carbocycles. The van der Waals surface area contributed by atoms with Crippen molar-refractivity contribution in [2.75, 3.05) is 7.11 Å². The number of rotatable bonds is 3. The van der Waals surface area contributed by atoms with Gasteiger partial charge in [0.25, 0.3) is 0 Å². The van der Waals surface area contributed by atoms with E-state index in [0.717, 1.165) is 35.3 Å². The molecule has 0 spiro atoms. The molecule has 24 heavy (non-hydrogen) atoms. The maximum absolute atomic E-state index is 11.4. The van der Waals surface area contributed by atoms with E-state index < -0.39 is 0 Å². The molecule has 1 aliphatic heterocycles. The molecule has 126 valence electrons. The van der Waals surface area contributed by atoms with Crippen LogP contribution in [0.5, 0.6) is 17.2 Å². The van der Waals surface area contributed by atoms with Crippen molar-refractivity contribution in [2.45, 2.75) is 32.8 Å². The van der Waals surface area contributed by atoms with Gasteiger partial charge < -0.3 is 14.2 Å². The number of carbonyl (C=O) groups excluding carboxylic acids is 1. The molecule has 0 N–H and O–H groups in total. The highest BCUT2D eigenvalue weighted by atomic mass is 79.9. The molecular formula is C19H19BrO4. The van der Waals surface area contributed by atoms with Crippen LogP contribution in [0, 0.1) is 6.92 Å². The van der Waals surface area contributed by atoms with Crippen molar-refractivity contribution in [3.8, 4) is 17.2 Å². The molecule has 0 aromatic heterocycles. The quantitative estimate of drug-likeness (QED) is 0.559. The first-order chi connectivity index (χ1) is 11.5. The monoisotopic (exact) mass is 390 g/mol. The van der Waals surface area contributed by atoms with E-state index in [-0.39, 0.29) is 12.1 Å². The van der Waals surface area contributed by atoms with Crippen molar-refractivity contribution in [1.82, 2.24) is 0 Å². The molecule has 0 saturated heterocycles. The fraction of sp³-hybridized carbons (Fsp3) is 0.316. The molecule has 4 nitrogen and oxygen atoms in total. The number of halogens is 1. The molecule has 3 rings (SSSR count). The zero-order valence-electron chi connectivity index (χ0n) is 13.9. The van der Waals surface area contributed by atoms with Crippen LogP contribution in [0.1, 0.15) is 36.1 Å². The van der Waals surface area contributed by atoms with Crippen molar-refractivity contribution >= 4 is 21.9 Å². The minimum Gasteiger partial charge on any atom is -0.496 e. The molecule has 0 fully saturated rings. The molecule has 1 aliphatic rings. The highest BCUT2D eigenvalue weighted by Gasteiger charge is 2.30. The highest BCUT2D eigenvalue weighted by Crippen LogP contribution is 2.50. The summed E-state index contributed by atoms with van der Waals surface area (Å²) in [7, 11) is 1.62. The van der Waals surface area contributed by atoms with Crippen molar-refractivity contribution < 1.29 is 19.0 Å². The first-order valence-electron chi connectivity index (χ1n) is 7.81. The maximum Gasteiger partial charge on any atom is 0.308 e. The summed E-state index contributed by atoms with van der Waals surface area (Å²) in [6.45, 7) is 3.26. The third-order valence-corrected chi connectivity index (χ3v) is 4.89. The Morgan fingerprint density at radius 3 is 2.58 bits per heavy atom. The van der Waals surface area contributed by atoms with Gasteiger partial charge in [-0.1, -0.05) is 30.3 Å². The van der Waals surface area contributed by atoms with Gasteiger partial charge in [-0.25, -0.2) is 0 Å². The summed E-state index contributed by atoms with van der Waals surface area (Å²) in [6, 6.07) is 10.1. The summed E-state index contributed by atoms with van der Waals surface area (Å²) in [5.41, 5.74) is 2.92. The number of carbonyl (C=O) groups is 1. The molecule has 0 amide bonds. The predicted octanol–water partition coefficient (Wildman–Crippen LogP) is 4.76. The molecule has 1 atom stereocenters. The van der Waals surface area contributed by atoms with Gasteiger partial charge in [-0.2, -0.15) is 0 Å². The van der Waals surface area contributed by atoms with E-state index in [9.17, 15) is 4.79 Å². The fourth-order valence-corrected chi connectivity index (χ4v) is 3.81. The summed E-state index contributed by atoms with van der Waals surface area (Å²) in [4.78, 5) is 11.4. The molecule has 2 aromatic rings. The van der Waals surface area contributed by atoms with Gasteiger partial charge in [-0.15, -0.1) is 0 Å². The Hall–Kier alpha value is -2.01. The average Bonchev–Trinajstić information content (AvgIpc) is 2.59. The van der Waals surface area contributed by atoms with Gasteiger partial charge in [0.05, 0.1) is 7.11 Å². The molecule has 0 saturated carbocycles. The number of fused-ring (bicyclic) bond motifs is 1. The summed E-state index contributed by atoms with van der Waals surface area (Å²) in [5.74, 6) is 1.48. The van der Waals surface area contributed by atoms with Crippen LogP contribution in [0.15, 0.2) is 34.8 Å². The van der Waals surface area contributed by atoms with Crippen LogP contribution in [-0.2, 0) is 11.2 Å². The van der Waals surface area contributed by atoms with Gasteiger partial charge in [0.15, 0.2) is 5.75 Å². The zero-order valence-corrected chi connectivity index (χ0v) is 15.5. The molecular weight excluding hydrogens is 372 g/mol. The van der Waals surface area contributed by atoms with Gasteiger partial charge in [0.2, 0.25) is 0 Å². The number of esters is 1. The third-order valence-electron chi connectivity index (χ3n) is 4.17. The highest BCUT2D eigenvalue weighted by molar-refractivity contribution is 9.10. The van der Waals surface area contributed by atoms with Crippen molar-refractivity contribution in [2.24, 2.45) is 0 Å². The molecule has 2 aromatic carbocycles. The number of methoxy groups -OCH3 is 1. The first kappa shape index (κ1) is 16.8. The minimum absolute atomic E-state index is 0.0346. The summed E-state index contributed by atoms with van der Waals surface area (Å²) in [6.07, 6.45) is 1.66. The fourth-order valence-electron chi connectivity index (χ4n) is 3.10.